The fraction of sp³-hybridized carbons (Fsp3) is 0.167. The van der Waals surface area contributed by atoms with E-state index in [1.54, 1.807) is 4.68 Å². The second-order valence-electron chi connectivity index (χ2n) is 7.23. The number of aromatic nitrogens is 4. The number of thioether (sulfide) groups is 1. The number of benzene rings is 3. The number of amides is 1. The largest absolute Gasteiger partial charge is 0.489 e. The van der Waals surface area contributed by atoms with E-state index < -0.39 is 0 Å². The van der Waals surface area contributed by atoms with Crippen molar-refractivity contribution in [1.82, 2.24) is 20.2 Å². The van der Waals surface area contributed by atoms with Crippen LogP contribution in [0.3, 0.4) is 0 Å². The van der Waals surface area contributed by atoms with Gasteiger partial charge in [0.05, 0.1) is 11.4 Å². The zero-order chi connectivity index (χ0) is 22.3. The summed E-state index contributed by atoms with van der Waals surface area (Å²) in [5, 5.41) is 15.4. The number of anilines is 1. The summed E-state index contributed by atoms with van der Waals surface area (Å²) < 4.78 is 7.45. The van der Waals surface area contributed by atoms with E-state index in [1.165, 1.54) is 11.8 Å². The van der Waals surface area contributed by atoms with Crippen LogP contribution in [0.5, 0.6) is 5.75 Å². The summed E-state index contributed by atoms with van der Waals surface area (Å²) in [6.45, 7) is 4.57. The molecule has 0 unspecified atom stereocenters. The highest BCUT2D eigenvalue weighted by Crippen LogP contribution is 2.23. The first kappa shape index (κ1) is 21.6. The lowest BCUT2D eigenvalue weighted by Gasteiger charge is -2.10. The van der Waals surface area contributed by atoms with E-state index in [0.717, 1.165) is 28.1 Å². The van der Waals surface area contributed by atoms with Crippen molar-refractivity contribution in [3.05, 3.63) is 89.5 Å². The summed E-state index contributed by atoms with van der Waals surface area (Å²) in [7, 11) is 0. The van der Waals surface area contributed by atoms with Crippen molar-refractivity contribution in [3.63, 3.8) is 0 Å². The number of aryl methyl sites for hydroxylation is 1. The lowest BCUT2D eigenvalue weighted by molar-refractivity contribution is -0.113. The summed E-state index contributed by atoms with van der Waals surface area (Å²) in [5.74, 6) is 0.801. The van der Waals surface area contributed by atoms with Crippen molar-refractivity contribution >= 4 is 23.4 Å². The van der Waals surface area contributed by atoms with Crippen LogP contribution in [-0.2, 0) is 11.4 Å². The molecule has 0 aliphatic rings. The topological polar surface area (TPSA) is 81.9 Å². The molecule has 1 aromatic heterocycles. The fourth-order valence-electron chi connectivity index (χ4n) is 3.09. The first-order valence-electron chi connectivity index (χ1n) is 10.1. The Morgan fingerprint density at radius 1 is 1.00 bits per heavy atom. The van der Waals surface area contributed by atoms with Gasteiger partial charge in [-0.2, -0.15) is 4.68 Å². The summed E-state index contributed by atoms with van der Waals surface area (Å²) >= 11 is 1.29. The number of ether oxygens (including phenoxy) is 1. The molecular weight excluding hydrogens is 422 g/mol. The smallest absolute Gasteiger partial charge is 0.234 e. The van der Waals surface area contributed by atoms with E-state index in [1.807, 2.05) is 86.6 Å². The third-order valence-electron chi connectivity index (χ3n) is 4.96. The molecule has 4 aromatic rings. The van der Waals surface area contributed by atoms with Gasteiger partial charge in [-0.1, -0.05) is 54.2 Å². The standard InChI is InChI=1S/C24H23N5O2S/c1-17-7-6-10-22(18(17)2)29-24(26-27-28-29)32-16-23(30)25-20-11-13-21(14-12-20)31-15-19-8-4-3-5-9-19/h3-14H,15-16H2,1-2H3,(H,25,30). The number of tetrazole rings is 1. The van der Waals surface area contributed by atoms with Gasteiger partial charge in [-0.3, -0.25) is 4.79 Å². The Labute approximate surface area is 190 Å². The highest BCUT2D eigenvalue weighted by atomic mass is 32.2. The maximum atomic E-state index is 12.4. The van der Waals surface area contributed by atoms with Crippen LogP contribution in [0.2, 0.25) is 0 Å². The van der Waals surface area contributed by atoms with E-state index in [0.29, 0.717) is 17.5 Å². The predicted molar refractivity (Wildman–Crippen MR) is 125 cm³/mol. The molecule has 0 radical (unpaired) electrons. The number of hydrogen-bond donors (Lipinski definition) is 1. The molecule has 0 fully saturated rings. The average molecular weight is 446 g/mol. The molecule has 3 aromatic carbocycles. The molecular formula is C24H23N5O2S. The van der Waals surface area contributed by atoms with Crippen molar-refractivity contribution in [2.45, 2.75) is 25.6 Å². The van der Waals surface area contributed by atoms with Gasteiger partial charge in [-0.15, -0.1) is 5.10 Å². The van der Waals surface area contributed by atoms with Crippen molar-refractivity contribution in [2.24, 2.45) is 0 Å². The van der Waals surface area contributed by atoms with Crippen LogP contribution in [0.1, 0.15) is 16.7 Å². The Bertz CT molecular complexity index is 1190. The summed E-state index contributed by atoms with van der Waals surface area (Å²) in [5.41, 5.74) is 4.97. The van der Waals surface area contributed by atoms with Crippen LogP contribution in [0, 0.1) is 13.8 Å². The second kappa shape index (κ2) is 10.1. The molecule has 1 N–H and O–H groups in total. The number of nitrogens with one attached hydrogen (secondary N) is 1. The maximum Gasteiger partial charge on any atom is 0.234 e. The van der Waals surface area contributed by atoms with Crippen LogP contribution in [0.4, 0.5) is 5.69 Å². The summed E-state index contributed by atoms with van der Waals surface area (Å²) in [4.78, 5) is 12.4. The summed E-state index contributed by atoms with van der Waals surface area (Å²) in [6.07, 6.45) is 0. The van der Waals surface area contributed by atoms with E-state index in [2.05, 4.69) is 20.8 Å². The molecule has 0 atom stereocenters. The number of nitrogens with zero attached hydrogens (tertiary/aromatic N) is 4. The van der Waals surface area contributed by atoms with Crippen molar-refractivity contribution in [1.29, 1.82) is 0 Å². The summed E-state index contributed by atoms with van der Waals surface area (Å²) in [6, 6.07) is 23.3. The molecule has 0 aliphatic carbocycles. The second-order valence-corrected chi connectivity index (χ2v) is 8.17. The van der Waals surface area contributed by atoms with Gasteiger partial charge < -0.3 is 10.1 Å². The molecule has 0 saturated heterocycles. The molecule has 0 bridgehead atoms. The van der Waals surface area contributed by atoms with Gasteiger partial charge in [0.2, 0.25) is 11.1 Å². The lowest BCUT2D eigenvalue weighted by atomic mass is 10.1. The average Bonchev–Trinajstić information content (AvgIpc) is 3.28. The molecule has 4 rings (SSSR count). The molecule has 0 spiro atoms. The third kappa shape index (κ3) is 5.33. The quantitative estimate of drug-likeness (QED) is 0.400. The Balaban J connectivity index is 1.31. The van der Waals surface area contributed by atoms with Gasteiger partial charge in [0.25, 0.3) is 0 Å². The first-order chi connectivity index (χ1) is 15.6. The molecule has 8 heteroatoms. The van der Waals surface area contributed by atoms with Crippen LogP contribution in [-0.4, -0.2) is 31.9 Å². The van der Waals surface area contributed by atoms with Gasteiger partial charge in [0.1, 0.15) is 12.4 Å². The van der Waals surface area contributed by atoms with Gasteiger partial charge in [0.15, 0.2) is 0 Å². The normalized spacial score (nSPS) is 10.7. The van der Waals surface area contributed by atoms with Gasteiger partial charge in [-0.25, -0.2) is 0 Å². The predicted octanol–water partition coefficient (Wildman–Crippen LogP) is 4.59. The lowest BCUT2D eigenvalue weighted by Crippen LogP contribution is -2.14. The van der Waals surface area contributed by atoms with E-state index in [-0.39, 0.29) is 11.7 Å². The van der Waals surface area contributed by atoms with Gasteiger partial charge in [-0.05, 0) is 71.3 Å². The minimum absolute atomic E-state index is 0.136. The zero-order valence-corrected chi connectivity index (χ0v) is 18.7. The fourth-order valence-corrected chi connectivity index (χ4v) is 3.77. The minimum Gasteiger partial charge on any atom is -0.489 e. The molecule has 1 amide bonds. The number of carbonyl (C=O) groups excluding carboxylic acids is 1. The SMILES string of the molecule is Cc1cccc(-n2nnnc2SCC(=O)Nc2ccc(OCc3ccccc3)cc2)c1C. The number of rotatable bonds is 8. The van der Waals surface area contributed by atoms with Crippen molar-refractivity contribution < 1.29 is 9.53 Å². The van der Waals surface area contributed by atoms with Crippen molar-refractivity contribution in [3.8, 4) is 11.4 Å². The van der Waals surface area contributed by atoms with Crippen LogP contribution >= 0.6 is 11.8 Å². The monoisotopic (exact) mass is 445 g/mol. The molecule has 32 heavy (non-hydrogen) atoms. The number of carbonyl (C=O) groups is 1. The van der Waals surface area contributed by atoms with E-state index in [4.69, 9.17) is 4.74 Å². The Hall–Kier alpha value is -3.65. The molecule has 0 aliphatic heterocycles. The first-order valence-corrected chi connectivity index (χ1v) is 11.1. The van der Waals surface area contributed by atoms with Gasteiger partial charge in [0, 0.05) is 5.69 Å². The van der Waals surface area contributed by atoms with Crippen LogP contribution in [0.15, 0.2) is 78.0 Å². The van der Waals surface area contributed by atoms with E-state index in [9.17, 15) is 4.79 Å². The maximum absolute atomic E-state index is 12.4. The van der Waals surface area contributed by atoms with Crippen LogP contribution in [0.25, 0.3) is 5.69 Å². The van der Waals surface area contributed by atoms with Crippen LogP contribution < -0.4 is 10.1 Å². The molecule has 0 saturated carbocycles. The Morgan fingerprint density at radius 3 is 2.56 bits per heavy atom. The molecule has 162 valence electrons. The third-order valence-corrected chi connectivity index (χ3v) is 5.88. The molecule has 1 heterocycles. The Kier molecular flexibility index (Phi) is 6.81. The van der Waals surface area contributed by atoms with E-state index >= 15 is 0 Å². The molecule has 7 nitrogen and oxygen atoms in total. The highest BCUT2D eigenvalue weighted by Gasteiger charge is 2.14. The van der Waals surface area contributed by atoms with Crippen molar-refractivity contribution in [2.75, 3.05) is 11.1 Å². The zero-order valence-electron chi connectivity index (χ0n) is 17.9. The van der Waals surface area contributed by atoms with Gasteiger partial charge >= 0.3 is 0 Å². The highest BCUT2D eigenvalue weighted by molar-refractivity contribution is 7.99. The minimum atomic E-state index is -0.136. The Morgan fingerprint density at radius 2 is 1.78 bits per heavy atom. The number of hydrogen-bond acceptors (Lipinski definition) is 6.